The minimum Gasteiger partial charge on any atom is -0.454 e. The molecule has 0 radical (unpaired) electrons. The van der Waals surface area contributed by atoms with E-state index in [1.165, 1.54) is 0 Å². The van der Waals surface area contributed by atoms with E-state index in [2.05, 4.69) is 10.6 Å². The van der Waals surface area contributed by atoms with Gasteiger partial charge in [-0.25, -0.2) is 4.79 Å². The molecule has 0 saturated carbocycles. The Hall–Kier alpha value is -2.11. The van der Waals surface area contributed by atoms with Gasteiger partial charge >= 0.3 is 6.03 Å². The Kier molecular flexibility index (Phi) is 4.50. The molecule has 1 heterocycles. The van der Waals surface area contributed by atoms with Crippen LogP contribution in [0.2, 0.25) is 10.0 Å². The molecular formula is C16H14Cl2N2O3. The summed E-state index contributed by atoms with van der Waals surface area (Å²) in [6, 6.07) is 10.0. The molecule has 0 fully saturated rings. The number of rotatable bonds is 3. The van der Waals surface area contributed by atoms with Gasteiger partial charge in [0, 0.05) is 0 Å². The van der Waals surface area contributed by atoms with Crippen LogP contribution >= 0.6 is 23.2 Å². The third-order valence-electron chi connectivity index (χ3n) is 3.44. The van der Waals surface area contributed by atoms with E-state index in [0.29, 0.717) is 27.2 Å². The van der Waals surface area contributed by atoms with Gasteiger partial charge in [0.1, 0.15) is 0 Å². The SMILES string of the molecule is CC(NC(=O)Nc1cccc(Cl)c1Cl)c1ccc2c(c1)OCO2. The lowest BCUT2D eigenvalue weighted by molar-refractivity contribution is 0.174. The Bertz CT molecular complexity index is 752. The lowest BCUT2D eigenvalue weighted by Gasteiger charge is -2.16. The van der Waals surface area contributed by atoms with Crippen LogP contribution in [0.5, 0.6) is 11.5 Å². The quantitative estimate of drug-likeness (QED) is 0.848. The largest absolute Gasteiger partial charge is 0.454 e. The van der Waals surface area contributed by atoms with E-state index >= 15 is 0 Å². The maximum absolute atomic E-state index is 12.1. The van der Waals surface area contributed by atoms with Gasteiger partial charge in [-0.3, -0.25) is 0 Å². The monoisotopic (exact) mass is 352 g/mol. The summed E-state index contributed by atoms with van der Waals surface area (Å²) < 4.78 is 10.6. The highest BCUT2D eigenvalue weighted by Gasteiger charge is 2.17. The minimum absolute atomic E-state index is 0.217. The van der Waals surface area contributed by atoms with Gasteiger partial charge in [-0.15, -0.1) is 0 Å². The van der Waals surface area contributed by atoms with Gasteiger partial charge in [0.25, 0.3) is 0 Å². The number of amides is 2. The molecule has 23 heavy (non-hydrogen) atoms. The van der Waals surface area contributed by atoms with E-state index < -0.39 is 0 Å². The van der Waals surface area contributed by atoms with Crippen LogP contribution in [0.25, 0.3) is 0 Å². The summed E-state index contributed by atoms with van der Waals surface area (Å²) in [4.78, 5) is 12.1. The van der Waals surface area contributed by atoms with Crippen LogP contribution in [0.1, 0.15) is 18.5 Å². The van der Waals surface area contributed by atoms with Gasteiger partial charge in [-0.2, -0.15) is 0 Å². The Labute approximate surface area is 143 Å². The number of urea groups is 1. The van der Waals surface area contributed by atoms with Gasteiger partial charge in [-0.05, 0) is 36.8 Å². The summed E-state index contributed by atoms with van der Waals surface area (Å²) in [7, 11) is 0. The first-order valence-corrected chi connectivity index (χ1v) is 7.71. The predicted octanol–water partition coefficient (Wildman–Crippen LogP) is 4.60. The number of anilines is 1. The molecule has 3 rings (SSSR count). The highest BCUT2D eigenvalue weighted by molar-refractivity contribution is 6.43. The van der Waals surface area contributed by atoms with Gasteiger partial charge in [0.2, 0.25) is 6.79 Å². The second-order valence-electron chi connectivity index (χ2n) is 5.03. The number of carbonyl (C=O) groups is 1. The molecule has 0 aromatic heterocycles. The molecule has 7 heteroatoms. The smallest absolute Gasteiger partial charge is 0.319 e. The number of hydrogen-bond acceptors (Lipinski definition) is 3. The number of carbonyl (C=O) groups excluding carboxylic acids is 1. The molecule has 120 valence electrons. The molecule has 0 bridgehead atoms. The second kappa shape index (κ2) is 6.56. The molecule has 2 aromatic carbocycles. The molecular weight excluding hydrogens is 339 g/mol. The summed E-state index contributed by atoms with van der Waals surface area (Å²) in [6.07, 6.45) is 0. The number of fused-ring (bicyclic) bond motifs is 1. The van der Waals surface area contributed by atoms with Crippen LogP contribution in [0.4, 0.5) is 10.5 Å². The first-order chi connectivity index (χ1) is 11.0. The Balaban J connectivity index is 1.66. The number of halogens is 2. The van der Waals surface area contributed by atoms with Crippen molar-refractivity contribution in [1.82, 2.24) is 5.32 Å². The predicted molar refractivity (Wildman–Crippen MR) is 89.6 cm³/mol. The zero-order valence-electron chi connectivity index (χ0n) is 12.2. The summed E-state index contributed by atoms with van der Waals surface area (Å²) >= 11 is 12.0. The highest BCUT2D eigenvalue weighted by Crippen LogP contribution is 2.34. The molecule has 0 aliphatic carbocycles. The van der Waals surface area contributed by atoms with Crippen LogP contribution in [0, 0.1) is 0 Å². The van der Waals surface area contributed by atoms with Crippen LogP contribution in [-0.4, -0.2) is 12.8 Å². The Morgan fingerprint density at radius 3 is 2.78 bits per heavy atom. The van der Waals surface area contributed by atoms with Crippen LogP contribution in [0.15, 0.2) is 36.4 Å². The van der Waals surface area contributed by atoms with Crippen LogP contribution < -0.4 is 20.1 Å². The molecule has 1 atom stereocenters. The molecule has 2 amide bonds. The van der Waals surface area contributed by atoms with Crippen molar-refractivity contribution in [1.29, 1.82) is 0 Å². The van der Waals surface area contributed by atoms with Crippen molar-refractivity contribution < 1.29 is 14.3 Å². The van der Waals surface area contributed by atoms with Crippen molar-refractivity contribution in [2.45, 2.75) is 13.0 Å². The fraction of sp³-hybridized carbons (Fsp3) is 0.188. The molecule has 1 aliphatic rings. The van der Waals surface area contributed by atoms with Gasteiger partial charge < -0.3 is 20.1 Å². The number of ether oxygens (including phenoxy) is 2. The third-order valence-corrected chi connectivity index (χ3v) is 4.26. The van der Waals surface area contributed by atoms with Crippen molar-refractivity contribution in [2.75, 3.05) is 12.1 Å². The molecule has 2 N–H and O–H groups in total. The lowest BCUT2D eigenvalue weighted by atomic mass is 10.1. The van der Waals surface area contributed by atoms with Crippen molar-refractivity contribution in [3.05, 3.63) is 52.0 Å². The van der Waals surface area contributed by atoms with E-state index in [-0.39, 0.29) is 18.9 Å². The number of hydrogen-bond donors (Lipinski definition) is 2. The first-order valence-electron chi connectivity index (χ1n) is 6.95. The van der Waals surface area contributed by atoms with Crippen molar-refractivity contribution >= 4 is 34.9 Å². The maximum atomic E-state index is 12.1. The third kappa shape index (κ3) is 3.46. The normalized spacial score (nSPS) is 13.5. The summed E-state index contributed by atoms with van der Waals surface area (Å²) in [6.45, 7) is 2.09. The minimum atomic E-state index is -0.376. The zero-order valence-corrected chi connectivity index (χ0v) is 13.7. The zero-order chi connectivity index (χ0) is 16.4. The van der Waals surface area contributed by atoms with Gasteiger partial charge in [-0.1, -0.05) is 35.3 Å². The molecule has 2 aromatic rings. The maximum Gasteiger partial charge on any atom is 0.319 e. The Morgan fingerprint density at radius 2 is 1.96 bits per heavy atom. The van der Waals surface area contributed by atoms with Crippen LogP contribution in [0.3, 0.4) is 0 Å². The number of benzene rings is 2. The second-order valence-corrected chi connectivity index (χ2v) is 5.82. The Morgan fingerprint density at radius 1 is 1.17 bits per heavy atom. The van der Waals surface area contributed by atoms with E-state index in [4.69, 9.17) is 32.7 Å². The van der Waals surface area contributed by atoms with Crippen molar-refractivity contribution in [2.24, 2.45) is 0 Å². The van der Waals surface area contributed by atoms with Gasteiger partial charge in [0.15, 0.2) is 11.5 Å². The fourth-order valence-corrected chi connectivity index (χ4v) is 2.57. The van der Waals surface area contributed by atoms with E-state index in [0.717, 1.165) is 5.56 Å². The highest BCUT2D eigenvalue weighted by atomic mass is 35.5. The van der Waals surface area contributed by atoms with Crippen LogP contribution in [-0.2, 0) is 0 Å². The summed E-state index contributed by atoms with van der Waals surface area (Å²) in [5.41, 5.74) is 1.36. The average Bonchev–Trinajstić information content (AvgIpc) is 2.99. The van der Waals surface area contributed by atoms with Gasteiger partial charge in [0.05, 0.1) is 21.8 Å². The first kappa shape index (κ1) is 15.8. The number of nitrogens with one attached hydrogen (secondary N) is 2. The molecule has 0 spiro atoms. The molecule has 0 saturated heterocycles. The van der Waals surface area contributed by atoms with E-state index in [1.54, 1.807) is 18.2 Å². The standard InChI is InChI=1S/C16H14Cl2N2O3/c1-9(10-5-6-13-14(7-10)23-8-22-13)19-16(21)20-12-4-2-3-11(17)15(12)18/h2-7,9H,8H2,1H3,(H2,19,20,21). The summed E-state index contributed by atoms with van der Waals surface area (Å²) in [5, 5.41) is 6.20. The molecule has 1 aliphatic heterocycles. The molecule has 5 nitrogen and oxygen atoms in total. The van der Waals surface area contributed by atoms with E-state index in [1.807, 2.05) is 25.1 Å². The van der Waals surface area contributed by atoms with E-state index in [9.17, 15) is 4.79 Å². The van der Waals surface area contributed by atoms with Crippen molar-refractivity contribution in [3.8, 4) is 11.5 Å². The van der Waals surface area contributed by atoms with Crippen molar-refractivity contribution in [3.63, 3.8) is 0 Å². The molecule has 1 unspecified atom stereocenters. The summed E-state index contributed by atoms with van der Waals surface area (Å²) in [5.74, 6) is 1.38. The lowest BCUT2D eigenvalue weighted by Crippen LogP contribution is -2.31. The average molecular weight is 353 g/mol. The topological polar surface area (TPSA) is 59.6 Å². The fourth-order valence-electron chi connectivity index (χ4n) is 2.22.